The van der Waals surface area contributed by atoms with Gasteiger partial charge in [0.2, 0.25) is 5.91 Å². The summed E-state index contributed by atoms with van der Waals surface area (Å²) in [7, 11) is 0. The number of ether oxygens (including phenoxy) is 2. The minimum Gasteiger partial charge on any atom is -0.466 e. The highest BCUT2D eigenvalue weighted by molar-refractivity contribution is 8.01. The van der Waals surface area contributed by atoms with Gasteiger partial charge in [-0.05, 0) is 44.2 Å². The van der Waals surface area contributed by atoms with Crippen LogP contribution in [0.5, 0.6) is 5.19 Å². The average Bonchev–Trinajstić information content (AvgIpc) is 3.40. The van der Waals surface area contributed by atoms with Crippen molar-refractivity contribution in [1.29, 1.82) is 0 Å². The van der Waals surface area contributed by atoms with E-state index in [1.807, 2.05) is 13.8 Å². The quantitative estimate of drug-likeness (QED) is 0.372. The zero-order valence-corrected chi connectivity index (χ0v) is 18.4. The second-order valence-corrected chi connectivity index (χ2v) is 8.93. The van der Waals surface area contributed by atoms with Crippen LogP contribution in [0.25, 0.3) is 11.3 Å². The van der Waals surface area contributed by atoms with Crippen LogP contribution in [0.4, 0.5) is 5.00 Å². The fourth-order valence-corrected chi connectivity index (χ4v) is 4.82. The highest BCUT2D eigenvalue weighted by Gasteiger charge is 2.24. The van der Waals surface area contributed by atoms with Gasteiger partial charge in [-0.1, -0.05) is 16.9 Å². The molecule has 0 saturated heterocycles. The molecule has 1 N–H and O–H groups in total. The molecule has 29 heavy (non-hydrogen) atoms. The van der Waals surface area contributed by atoms with E-state index in [9.17, 15) is 9.59 Å². The zero-order valence-electron chi connectivity index (χ0n) is 16.0. The third kappa shape index (κ3) is 5.58. The van der Waals surface area contributed by atoms with E-state index in [1.165, 1.54) is 40.7 Å². The van der Waals surface area contributed by atoms with E-state index in [0.29, 0.717) is 25.9 Å². The summed E-state index contributed by atoms with van der Waals surface area (Å²) < 4.78 is 16.6. The molecule has 0 spiro atoms. The molecular weight excluding hydrogens is 434 g/mol. The summed E-state index contributed by atoms with van der Waals surface area (Å²) in [5.41, 5.74) is 0.870. The van der Waals surface area contributed by atoms with Gasteiger partial charge < -0.3 is 19.2 Å². The maximum Gasteiger partial charge on any atom is 0.341 e. The predicted octanol–water partition coefficient (Wildman–Crippen LogP) is 4.55. The second-order valence-electron chi connectivity index (χ2n) is 5.89. The van der Waals surface area contributed by atoms with E-state index < -0.39 is 5.97 Å². The predicted molar refractivity (Wildman–Crippen MR) is 113 cm³/mol. The lowest BCUT2D eigenvalue weighted by atomic mass is 10.1. The first kappa shape index (κ1) is 21.3. The van der Waals surface area contributed by atoms with Gasteiger partial charge in [0.25, 0.3) is 5.19 Å². The van der Waals surface area contributed by atoms with Crippen LogP contribution in [0.2, 0.25) is 0 Å². The molecule has 154 valence electrons. The van der Waals surface area contributed by atoms with E-state index in [1.54, 1.807) is 24.4 Å². The van der Waals surface area contributed by atoms with E-state index in [0.717, 1.165) is 0 Å². The van der Waals surface area contributed by atoms with Crippen LogP contribution in [0.15, 0.2) is 32.5 Å². The number of carbonyl (C=O) groups excluding carboxylic acids is 2. The first-order valence-corrected chi connectivity index (χ1v) is 11.4. The Balaban J connectivity index is 1.68. The highest BCUT2D eigenvalue weighted by atomic mass is 32.2. The van der Waals surface area contributed by atoms with Gasteiger partial charge in [0.1, 0.15) is 16.3 Å². The van der Waals surface area contributed by atoms with Gasteiger partial charge in [-0.15, -0.1) is 16.4 Å². The van der Waals surface area contributed by atoms with Gasteiger partial charge in [0.15, 0.2) is 4.34 Å². The van der Waals surface area contributed by atoms with Crippen LogP contribution >= 0.6 is 34.4 Å². The second kappa shape index (κ2) is 9.90. The maximum absolute atomic E-state index is 12.5. The molecule has 3 heterocycles. The molecule has 0 unspecified atom stereocenters. The van der Waals surface area contributed by atoms with E-state index in [2.05, 4.69) is 15.5 Å². The Labute approximate surface area is 179 Å². The standard InChI is InChI=1S/C18H19N3O5S3/c1-4-24-16(23)14-11(12-6-5-7-25-12)8-27-15(14)19-13(22)9-28-18-21-20-17(29-18)26-10(2)3/h5-8,10H,4,9H2,1-3H3,(H,19,22). The van der Waals surface area contributed by atoms with Crippen LogP contribution < -0.4 is 10.1 Å². The van der Waals surface area contributed by atoms with E-state index >= 15 is 0 Å². The van der Waals surface area contributed by atoms with Crippen LogP contribution in [0.1, 0.15) is 31.1 Å². The molecule has 3 aromatic rings. The number of nitrogens with one attached hydrogen (secondary N) is 1. The molecule has 0 aliphatic rings. The van der Waals surface area contributed by atoms with Crippen LogP contribution in [0, 0.1) is 0 Å². The van der Waals surface area contributed by atoms with E-state index in [4.69, 9.17) is 13.9 Å². The molecule has 3 aromatic heterocycles. The number of aromatic nitrogens is 2. The van der Waals surface area contributed by atoms with Crippen molar-refractivity contribution in [2.45, 2.75) is 31.2 Å². The van der Waals surface area contributed by atoms with Gasteiger partial charge in [-0.25, -0.2) is 4.79 Å². The molecule has 0 radical (unpaired) electrons. The minimum absolute atomic E-state index is 0.00702. The van der Waals surface area contributed by atoms with Crippen molar-refractivity contribution in [2.24, 2.45) is 0 Å². The van der Waals surface area contributed by atoms with Gasteiger partial charge >= 0.3 is 5.97 Å². The number of hydrogen-bond donors (Lipinski definition) is 1. The summed E-state index contributed by atoms with van der Waals surface area (Å²) >= 11 is 3.77. The molecule has 8 nitrogen and oxygen atoms in total. The topological polar surface area (TPSA) is 104 Å². The molecule has 0 fully saturated rings. The maximum atomic E-state index is 12.5. The molecule has 0 atom stereocenters. The molecule has 3 rings (SSSR count). The molecule has 11 heteroatoms. The average molecular weight is 454 g/mol. The number of thiophene rings is 1. The summed E-state index contributed by atoms with van der Waals surface area (Å²) in [4.78, 5) is 24.9. The van der Waals surface area contributed by atoms with Gasteiger partial charge in [-0.2, -0.15) is 0 Å². The first-order chi connectivity index (χ1) is 14.0. The normalized spacial score (nSPS) is 10.9. The smallest absolute Gasteiger partial charge is 0.341 e. The summed E-state index contributed by atoms with van der Waals surface area (Å²) in [5, 5.41) is 13.4. The number of thioether (sulfide) groups is 1. The summed E-state index contributed by atoms with van der Waals surface area (Å²) in [6.45, 7) is 5.76. The lowest BCUT2D eigenvalue weighted by Crippen LogP contribution is -2.16. The van der Waals surface area contributed by atoms with Crippen molar-refractivity contribution in [3.63, 3.8) is 0 Å². The Bertz CT molecular complexity index is 965. The van der Waals surface area contributed by atoms with Crippen molar-refractivity contribution in [3.8, 4) is 16.5 Å². The first-order valence-electron chi connectivity index (χ1n) is 8.73. The van der Waals surface area contributed by atoms with Gasteiger partial charge in [0, 0.05) is 10.9 Å². The zero-order chi connectivity index (χ0) is 20.8. The van der Waals surface area contributed by atoms with Gasteiger partial charge in [-0.3, -0.25) is 4.79 Å². The Morgan fingerprint density at radius 3 is 2.86 bits per heavy atom. The third-order valence-corrected chi connectivity index (χ3v) is 6.20. The van der Waals surface area contributed by atoms with Crippen molar-refractivity contribution in [2.75, 3.05) is 17.7 Å². The molecule has 0 aliphatic heterocycles. The SMILES string of the molecule is CCOC(=O)c1c(-c2ccco2)csc1NC(=O)CSc1nnc(OC(C)C)s1. The van der Waals surface area contributed by atoms with Crippen molar-refractivity contribution >= 4 is 51.3 Å². The summed E-state index contributed by atoms with van der Waals surface area (Å²) in [6, 6.07) is 3.48. The van der Waals surface area contributed by atoms with Crippen molar-refractivity contribution in [1.82, 2.24) is 10.2 Å². The number of carbonyl (C=O) groups is 2. The van der Waals surface area contributed by atoms with Crippen LogP contribution in [-0.2, 0) is 9.53 Å². The number of amides is 1. The Morgan fingerprint density at radius 1 is 1.34 bits per heavy atom. The monoisotopic (exact) mass is 453 g/mol. The molecule has 0 aliphatic carbocycles. The minimum atomic E-state index is -0.511. The van der Waals surface area contributed by atoms with Crippen molar-refractivity contribution < 1.29 is 23.5 Å². The highest BCUT2D eigenvalue weighted by Crippen LogP contribution is 2.36. The molecular formula is C18H19N3O5S3. The number of esters is 1. The summed E-state index contributed by atoms with van der Waals surface area (Å²) in [6.07, 6.45) is 1.53. The van der Waals surface area contributed by atoms with Gasteiger partial charge in [0.05, 0.1) is 24.7 Å². The molecule has 0 bridgehead atoms. The lowest BCUT2D eigenvalue weighted by Gasteiger charge is -2.07. The third-order valence-electron chi connectivity index (χ3n) is 3.36. The van der Waals surface area contributed by atoms with Crippen LogP contribution in [0.3, 0.4) is 0 Å². The fraction of sp³-hybridized carbons (Fsp3) is 0.333. The van der Waals surface area contributed by atoms with Crippen molar-refractivity contribution in [3.05, 3.63) is 29.3 Å². The fourth-order valence-electron chi connectivity index (χ4n) is 2.26. The summed E-state index contributed by atoms with van der Waals surface area (Å²) in [5.74, 6) is -0.129. The molecule has 0 aromatic carbocycles. The number of rotatable bonds is 9. The largest absolute Gasteiger partial charge is 0.466 e. The molecule has 0 saturated carbocycles. The number of nitrogens with zero attached hydrogens (tertiary/aromatic N) is 2. The van der Waals surface area contributed by atoms with Crippen LogP contribution in [-0.4, -0.2) is 40.5 Å². The number of hydrogen-bond acceptors (Lipinski definition) is 10. The number of anilines is 1. The molecule has 1 amide bonds. The lowest BCUT2D eigenvalue weighted by molar-refractivity contribution is -0.113. The van der Waals surface area contributed by atoms with E-state index in [-0.39, 0.29) is 29.9 Å². The number of furan rings is 1. The Hall–Kier alpha value is -2.37. The Kier molecular flexibility index (Phi) is 7.29. The Morgan fingerprint density at radius 2 is 2.17 bits per heavy atom.